The molecule has 132 valence electrons. The average Bonchev–Trinajstić information content (AvgIpc) is 2.66. The lowest BCUT2D eigenvalue weighted by Crippen LogP contribution is -2.35. The van der Waals surface area contributed by atoms with Crippen molar-refractivity contribution in [2.45, 2.75) is 58.5 Å². The first-order chi connectivity index (χ1) is 12.2. The summed E-state index contributed by atoms with van der Waals surface area (Å²) in [6, 6.07) is 11.6. The number of hydrogen-bond donors (Lipinski definition) is 1. The van der Waals surface area contributed by atoms with E-state index in [2.05, 4.69) is 12.2 Å². The van der Waals surface area contributed by atoms with Crippen molar-refractivity contribution in [2.24, 2.45) is 0 Å². The fourth-order valence-electron chi connectivity index (χ4n) is 3.47. The molecule has 0 unspecified atom stereocenters. The van der Waals surface area contributed by atoms with Gasteiger partial charge in [-0.05, 0) is 49.3 Å². The largest absolute Gasteiger partial charge is 0.348 e. The standard InChI is InChI=1S/C21H26N2O2/c1-2-3-13-23-19-12-8-7-11-17(19)14-18(21(23)25)20(24)22-15-16-9-5-4-6-10-16/h4-6,9-10,14H,2-3,7-8,11-13,15H2,1H3,(H,22,24). The second-order valence-corrected chi connectivity index (χ2v) is 6.72. The zero-order valence-electron chi connectivity index (χ0n) is 14.9. The summed E-state index contributed by atoms with van der Waals surface area (Å²) in [4.78, 5) is 25.5. The van der Waals surface area contributed by atoms with Crippen LogP contribution in [0, 0.1) is 0 Å². The van der Waals surface area contributed by atoms with E-state index >= 15 is 0 Å². The Morgan fingerprint density at radius 1 is 1.16 bits per heavy atom. The molecule has 0 spiro atoms. The van der Waals surface area contributed by atoms with Crippen LogP contribution in [0.5, 0.6) is 0 Å². The maximum atomic E-state index is 12.9. The monoisotopic (exact) mass is 338 g/mol. The highest BCUT2D eigenvalue weighted by Crippen LogP contribution is 2.21. The van der Waals surface area contributed by atoms with Crippen LogP contribution in [0.1, 0.15) is 59.8 Å². The van der Waals surface area contributed by atoms with Gasteiger partial charge < -0.3 is 9.88 Å². The molecule has 0 atom stereocenters. The molecule has 0 aliphatic heterocycles. The van der Waals surface area contributed by atoms with E-state index in [1.165, 1.54) is 5.56 Å². The number of nitrogens with zero attached hydrogens (tertiary/aromatic N) is 1. The molecular formula is C21H26N2O2. The molecule has 1 aromatic heterocycles. The Balaban J connectivity index is 1.87. The van der Waals surface area contributed by atoms with E-state index in [0.29, 0.717) is 13.1 Å². The normalized spacial score (nSPS) is 13.3. The molecule has 25 heavy (non-hydrogen) atoms. The molecule has 0 radical (unpaired) electrons. The van der Waals surface area contributed by atoms with Crippen LogP contribution in [0.2, 0.25) is 0 Å². The van der Waals surface area contributed by atoms with Crippen LogP contribution in [-0.4, -0.2) is 10.5 Å². The zero-order valence-corrected chi connectivity index (χ0v) is 14.9. The molecule has 1 heterocycles. The second-order valence-electron chi connectivity index (χ2n) is 6.72. The predicted molar refractivity (Wildman–Crippen MR) is 99.9 cm³/mol. The van der Waals surface area contributed by atoms with Crippen molar-refractivity contribution in [3.05, 3.63) is 69.1 Å². The fourth-order valence-corrected chi connectivity index (χ4v) is 3.47. The van der Waals surface area contributed by atoms with Crippen molar-refractivity contribution < 1.29 is 4.79 Å². The summed E-state index contributed by atoms with van der Waals surface area (Å²) in [5, 5.41) is 2.89. The van der Waals surface area contributed by atoms with E-state index < -0.39 is 0 Å². The first-order valence-electron chi connectivity index (χ1n) is 9.28. The number of carbonyl (C=O) groups excluding carboxylic acids is 1. The third-order valence-corrected chi connectivity index (χ3v) is 4.88. The Morgan fingerprint density at radius 2 is 1.92 bits per heavy atom. The minimum absolute atomic E-state index is 0.139. The highest BCUT2D eigenvalue weighted by molar-refractivity contribution is 5.94. The van der Waals surface area contributed by atoms with E-state index in [1.807, 2.05) is 41.0 Å². The number of amides is 1. The van der Waals surface area contributed by atoms with Gasteiger partial charge in [-0.25, -0.2) is 0 Å². The number of fused-ring (bicyclic) bond motifs is 1. The van der Waals surface area contributed by atoms with Gasteiger partial charge in [-0.1, -0.05) is 43.7 Å². The molecule has 1 aliphatic carbocycles. The van der Waals surface area contributed by atoms with Crippen LogP contribution in [0.4, 0.5) is 0 Å². The summed E-state index contributed by atoms with van der Waals surface area (Å²) in [5.41, 5.74) is 3.49. The van der Waals surface area contributed by atoms with Crippen LogP contribution < -0.4 is 10.9 Å². The van der Waals surface area contributed by atoms with Crippen LogP contribution in [0.3, 0.4) is 0 Å². The van der Waals surface area contributed by atoms with Gasteiger partial charge in [0.05, 0.1) is 0 Å². The Hall–Kier alpha value is -2.36. The number of unbranched alkanes of at least 4 members (excludes halogenated alkanes) is 1. The van der Waals surface area contributed by atoms with E-state index in [0.717, 1.165) is 49.8 Å². The molecule has 0 bridgehead atoms. The van der Waals surface area contributed by atoms with Crippen LogP contribution in [0.25, 0.3) is 0 Å². The van der Waals surface area contributed by atoms with Crippen molar-refractivity contribution >= 4 is 5.91 Å². The van der Waals surface area contributed by atoms with Crippen molar-refractivity contribution in [3.8, 4) is 0 Å². The van der Waals surface area contributed by atoms with E-state index in [-0.39, 0.29) is 17.0 Å². The van der Waals surface area contributed by atoms with Crippen LogP contribution in [-0.2, 0) is 25.9 Å². The lowest BCUT2D eigenvalue weighted by molar-refractivity contribution is 0.0948. The van der Waals surface area contributed by atoms with Gasteiger partial charge in [0, 0.05) is 18.8 Å². The zero-order chi connectivity index (χ0) is 17.6. The molecule has 1 aliphatic rings. The maximum absolute atomic E-state index is 12.9. The first-order valence-corrected chi connectivity index (χ1v) is 9.28. The molecule has 4 heteroatoms. The van der Waals surface area contributed by atoms with E-state index in [9.17, 15) is 9.59 Å². The summed E-state index contributed by atoms with van der Waals surface area (Å²) in [6.07, 6.45) is 6.15. The summed E-state index contributed by atoms with van der Waals surface area (Å²) >= 11 is 0. The molecule has 0 saturated carbocycles. The van der Waals surface area contributed by atoms with Crippen molar-refractivity contribution in [1.29, 1.82) is 0 Å². The number of nitrogens with one attached hydrogen (secondary N) is 1. The lowest BCUT2D eigenvalue weighted by atomic mass is 9.94. The molecule has 4 nitrogen and oxygen atoms in total. The summed E-state index contributed by atoms with van der Waals surface area (Å²) in [6.45, 7) is 3.26. The highest BCUT2D eigenvalue weighted by atomic mass is 16.2. The third kappa shape index (κ3) is 4.01. The molecule has 0 saturated heterocycles. The van der Waals surface area contributed by atoms with E-state index in [4.69, 9.17) is 0 Å². The van der Waals surface area contributed by atoms with Crippen molar-refractivity contribution in [2.75, 3.05) is 0 Å². The average molecular weight is 338 g/mol. The number of aryl methyl sites for hydroxylation is 1. The quantitative estimate of drug-likeness (QED) is 0.877. The second kappa shape index (κ2) is 8.15. The van der Waals surface area contributed by atoms with Gasteiger partial charge in [0.15, 0.2) is 0 Å². The molecular weight excluding hydrogens is 312 g/mol. The highest BCUT2D eigenvalue weighted by Gasteiger charge is 2.20. The number of rotatable bonds is 6. The minimum Gasteiger partial charge on any atom is -0.348 e. The summed E-state index contributed by atoms with van der Waals surface area (Å²) in [5.74, 6) is -0.271. The Labute approximate surface area is 148 Å². The third-order valence-electron chi connectivity index (χ3n) is 4.88. The van der Waals surface area contributed by atoms with Crippen molar-refractivity contribution in [3.63, 3.8) is 0 Å². The van der Waals surface area contributed by atoms with Gasteiger partial charge in [-0.3, -0.25) is 9.59 Å². The SMILES string of the molecule is CCCCn1c2c(cc(C(=O)NCc3ccccc3)c1=O)CCCC2. The molecule has 2 aromatic rings. The molecule has 3 rings (SSSR count). The van der Waals surface area contributed by atoms with Crippen molar-refractivity contribution in [1.82, 2.24) is 9.88 Å². The van der Waals surface area contributed by atoms with Gasteiger partial charge >= 0.3 is 0 Å². The van der Waals surface area contributed by atoms with Crippen LogP contribution in [0.15, 0.2) is 41.2 Å². The molecule has 0 fully saturated rings. The fraction of sp³-hybridized carbons (Fsp3) is 0.429. The minimum atomic E-state index is -0.271. The molecule has 1 amide bonds. The number of aromatic nitrogens is 1. The van der Waals surface area contributed by atoms with E-state index in [1.54, 1.807) is 0 Å². The van der Waals surface area contributed by atoms with Gasteiger partial charge in [-0.15, -0.1) is 0 Å². The van der Waals surface area contributed by atoms with Gasteiger partial charge in [0.1, 0.15) is 5.56 Å². The van der Waals surface area contributed by atoms with Gasteiger partial charge in [-0.2, -0.15) is 0 Å². The van der Waals surface area contributed by atoms with Crippen LogP contribution >= 0.6 is 0 Å². The Bertz CT molecular complexity index is 794. The lowest BCUT2D eigenvalue weighted by Gasteiger charge is -2.22. The number of hydrogen-bond acceptors (Lipinski definition) is 2. The number of benzene rings is 1. The molecule has 1 aromatic carbocycles. The number of carbonyl (C=O) groups is 1. The molecule has 1 N–H and O–H groups in total. The smallest absolute Gasteiger partial charge is 0.263 e. The van der Waals surface area contributed by atoms with Gasteiger partial charge in [0.25, 0.3) is 11.5 Å². The Morgan fingerprint density at radius 3 is 2.68 bits per heavy atom. The number of pyridine rings is 1. The topological polar surface area (TPSA) is 51.1 Å². The van der Waals surface area contributed by atoms with Gasteiger partial charge in [0.2, 0.25) is 0 Å². The Kier molecular flexibility index (Phi) is 5.69. The summed E-state index contributed by atoms with van der Waals surface area (Å²) in [7, 11) is 0. The maximum Gasteiger partial charge on any atom is 0.263 e. The predicted octanol–water partition coefficient (Wildman–Crippen LogP) is 3.46. The summed E-state index contributed by atoms with van der Waals surface area (Å²) < 4.78 is 1.86. The first kappa shape index (κ1) is 17.5.